The van der Waals surface area contributed by atoms with E-state index in [1.54, 1.807) is 18.3 Å². The molecular weight excluding hydrogens is 822 g/mol. The van der Waals surface area contributed by atoms with Gasteiger partial charge in [-0.15, -0.1) is 23.7 Å². The number of aliphatic hydroxyl groups is 1. The summed E-state index contributed by atoms with van der Waals surface area (Å²) >= 11 is 1.53. The summed E-state index contributed by atoms with van der Waals surface area (Å²) in [5, 5.41) is 28.2. The molecule has 4 aromatic rings. The van der Waals surface area contributed by atoms with Crippen molar-refractivity contribution in [3.05, 3.63) is 89.1 Å². The molecule has 2 heterocycles. The minimum Gasteiger partial charge on any atom is -0.382 e. The molecule has 2 aromatic heterocycles. The Kier molecular flexibility index (Phi) is 23.2. The molecule has 2 aromatic carbocycles. The normalized spacial score (nSPS) is 12.6. The van der Waals surface area contributed by atoms with Gasteiger partial charge in [0.2, 0.25) is 11.9 Å². The second-order valence-corrected chi connectivity index (χ2v) is 15.8. The summed E-state index contributed by atoms with van der Waals surface area (Å²) < 4.78 is 16.7. The zero-order valence-corrected chi connectivity index (χ0v) is 37.1. The van der Waals surface area contributed by atoms with E-state index in [0.717, 1.165) is 34.2 Å². The van der Waals surface area contributed by atoms with Crippen molar-refractivity contribution < 1.29 is 33.7 Å². The summed E-state index contributed by atoms with van der Waals surface area (Å²) in [4.78, 5) is 51.8. The van der Waals surface area contributed by atoms with E-state index in [2.05, 4.69) is 50.4 Å². The molecule has 4 rings (SSSR count). The Hall–Kier alpha value is -4.75. The molecule has 0 aliphatic heterocycles. The predicted molar refractivity (Wildman–Crippen MR) is 241 cm³/mol. The van der Waals surface area contributed by atoms with Crippen molar-refractivity contribution in [2.75, 3.05) is 69.9 Å². The lowest BCUT2D eigenvalue weighted by Gasteiger charge is -2.24. The van der Waals surface area contributed by atoms with Crippen LogP contribution in [0.5, 0.6) is 0 Å². The van der Waals surface area contributed by atoms with Gasteiger partial charge < -0.3 is 51.6 Å². The Labute approximate surface area is 369 Å². The van der Waals surface area contributed by atoms with Crippen molar-refractivity contribution in [3.63, 3.8) is 0 Å². The van der Waals surface area contributed by atoms with E-state index in [0.29, 0.717) is 76.4 Å². The number of hydrogen-bond acceptors (Lipinski definition) is 14. The van der Waals surface area contributed by atoms with Gasteiger partial charge in [-0.2, -0.15) is 4.98 Å². The van der Waals surface area contributed by atoms with Gasteiger partial charge in [0.15, 0.2) is 0 Å². The molecule has 0 aliphatic carbocycles. The SMILES string of the molecule is CC(C)CNc1ccnc(NCc2csc(-c3ccc(C(=O)NCCOCCOCCOCCNC(=O)[C@H](CC(C)C)NC(=O)[C@@H](O)[C@H](N)Cc4ccccc4)cc3)n2)n1.Cl. The summed E-state index contributed by atoms with van der Waals surface area (Å²) in [6, 6.07) is 16.9. The summed E-state index contributed by atoms with van der Waals surface area (Å²) in [6.45, 7) is 12.1. The Bertz CT molecular complexity index is 1870. The van der Waals surface area contributed by atoms with E-state index in [-0.39, 0.29) is 43.3 Å². The van der Waals surface area contributed by atoms with E-state index in [4.69, 9.17) is 24.9 Å². The summed E-state index contributed by atoms with van der Waals surface area (Å²) in [5.41, 5.74) is 9.33. The number of rotatable bonds is 28. The maximum absolute atomic E-state index is 12.9. The lowest BCUT2D eigenvalue weighted by molar-refractivity contribution is -0.135. The Morgan fingerprint density at radius 1 is 0.787 bits per heavy atom. The second-order valence-electron chi connectivity index (χ2n) is 15.0. The monoisotopic (exact) mass is 883 g/mol. The highest BCUT2D eigenvalue weighted by Gasteiger charge is 2.28. The first-order valence-corrected chi connectivity index (χ1v) is 21.3. The second kappa shape index (κ2) is 28.0. The molecular formula is C43H62ClN9O7S. The van der Waals surface area contributed by atoms with Gasteiger partial charge >= 0.3 is 0 Å². The number of benzene rings is 2. The number of amides is 3. The fraction of sp³-hybridized carbons (Fsp3) is 0.488. The van der Waals surface area contributed by atoms with Crippen molar-refractivity contribution >= 4 is 53.2 Å². The van der Waals surface area contributed by atoms with Crippen molar-refractivity contribution in [2.45, 2.75) is 65.3 Å². The average Bonchev–Trinajstić information content (AvgIpc) is 3.72. The minimum atomic E-state index is -1.46. The highest BCUT2D eigenvalue weighted by molar-refractivity contribution is 7.13. The first-order valence-electron chi connectivity index (χ1n) is 20.4. The number of anilines is 2. The number of carbonyl (C=O) groups is 3. The van der Waals surface area contributed by atoms with Crippen LogP contribution in [0.4, 0.5) is 11.8 Å². The summed E-state index contributed by atoms with van der Waals surface area (Å²) in [6.07, 6.45) is 0.984. The maximum atomic E-state index is 12.9. The van der Waals surface area contributed by atoms with Crippen LogP contribution in [0.25, 0.3) is 10.6 Å². The molecule has 0 bridgehead atoms. The number of aromatic nitrogens is 3. The van der Waals surface area contributed by atoms with Crippen LogP contribution < -0.4 is 32.3 Å². The fourth-order valence-corrected chi connectivity index (χ4v) is 6.53. The number of nitrogens with two attached hydrogens (primary N) is 1. The van der Waals surface area contributed by atoms with Crippen LogP contribution in [0.2, 0.25) is 0 Å². The Morgan fingerprint density at radius 2 is 1.44 bits per heavy atom. The molecule has 0 saturated carbocycles. The van der Waals surface area contributed by atoms with E-state index in [9.17, 15) is 19.5 Å². The first kappa shape index (κ1) is 50.6. The third kappa shape index (κ3) is 19.2. The molecule has 0 unspecified atom stereocenters. The van der Waals surface area contributed by atoms with Gasteiger partial charge in [0.1, 0.15) is 23.0 Å². The number of aliphatic hydroxyl groups excluding tert-OH is 1. The van der Waals surface area contributed by atoms with Crippen LogP contribution in [-0.4, -0.2) is 115 Å². The lowest BCUT2D eigenvalue weighted by Crippen LogP contribution is -2.54. The number of thiazole rings is 1. The van der Waals surface area contributed by atoms with Gasteiger partial charge in [0, 0.05) is 48.4 Å². The zero-order chi connectivity index (χ0) is 43.1. The van der Waals surface area contributed by atoms with Crippen LogP contribution in [0.15, 0.2) is 72.2 Å². The van der Waals surface area contributed by atoms with Gasteiger partial charge in [-0.3, -0.25) is 14.4 Å². The highest BCUT2D eigenvalue weighted by atomic mass is 35.5. The zero-order valence-electron chi connectivity index (χ0n) is 35.4. The molecule has 3 atom stereocenters. The van der Waals surface area contributed by atoms with Crippen molar-refractivity contribution in [1.29, 1.82) is 0 Å². The van der Waals surface area contributed by atoms with Gasteiger partial charge in [0.05, 0.1) is 51.9 Å². The number of nitrogens with zero attached hydrogens (tertiary/aromatic N) is 3. The molecule has 0 fully saturated rings. The van der Waals surface area contributed by atoms with E-state index in [1.807, 2.05) is 67.8 Å². The van der Waals surface area contributed by atoms with E-state index < -0.39 is 24.1 Å². The smallest absolute Gasteiger partial charge is 0.251 e. The van der Waals surface area contributed by atoms with Gasteiger partial charge in [-0.1, -0.05) is 70.2 Å². The van der Waals surface area contributed by atoms with E-state index >= 15 is 0 Å². The molecule has 0 spiro atoms. The molecule has 18 heteroatoms. The van der Waals surface area contributed by atoms with E-state index in [1.165, 1.54) is 11.3 Å². The third-order valence-electron chi connectivity index (χ3n) is 8.87. The third-order valence-corrected chi connectivity index (χ3v) is 9.81. The molecule has 0 radical (unpaired) electrons. The number of nitrogens with one attached hydrogen (secondary N) is 5. The van der Waals surface area contributed by atoms with Crippen molar-refractivity contribution in [1.82, 2.24) is 30.9 Å². The number of hydrogen-bond donors (Lipinski definition) is 7. The Balaban J connectivity index is 0.00000992. The molecule has 0 aliphatic rings. The summed E-state index contributed by atoms with van der Waals surface area (Å²) in [7, 11) is 0. The van der Waals surface area contributed by atoms with Crippen molar-refractivity contribution in [2.24, 2.45) is 17.6 Å². The van der Waals surface area contributed by atoms with Gasteiger partial charge in [-0.25, -0.2) is 9.97 Å². The van der Waals surface area contributed by atoms with Crippen molar-refractivity contribution in [3.8, 4) is 10.6 Å². The number of ether oxygens (including phenoxy) is 3. The topological polar surface area (TPSA) is 224 Å². The Morgan fingerprint density at radius 3 is 2.10 bits per heavy atom. The number of carbonyl (C=O) groups excluding carboxylic acids is 3. The molecule has 61 heavy (non-hydrogen) atoms. The first-order chi connectivity index (χ1) is 29.0. The van der Waals surface area contributed by atoms with Crippen LogP contribution in [0, 0.1) is 11.8 Å². The standard InChI is InChI=1S/C43H61N9O7S.ClH/c1-29(2)24-36(51-41(56)38(53)35(44)25-31-8-6-5-7-9-31)40(55)46-17-19-58-21-23-59-22-20-57-18-16-45-39(54)32-10-12-33(13-11-32)42-50-34(28-60-42)27-49-43-47-15-14-37(52-43)48-26-30(3)4;/h5-15,28-30,35-36,38,53H,16-27,44H2,1-4H3,(H,45,54)(H,46,55)(H,51,56)(H2,47,48,49,52);1H/t35-,36+,38+;/m1./s1. The fourth-order valence-electron chi connectivity index (χ4n) is 5.71. The molecule has 16 nitrogen and oxygen atoms in total. The van der Waals surface area contributed by atoms with Crippen LogP contribution >= 0.6 is 23.7 Å². The van der Waals surface area contributed by atoms with Crippen LogP contribution in [0.3, 0.4) is 0 Å². The molecule has 0 saturated heterocycles. The van der Waals surface area contributed by atoms with Crippen LogP contribution in [0.1, 0.15) is 55.7 Å². The maximum Gasteiger partial charge on any atom is 0.251 e. The molecule has 3 amide bonds. The van der Waals surface area contributed by atoms with Crippen LogP contribution in [-0.2, 0) is 36.8 Å². The van der Waals surface area contributed by atoms with Gasteiger partial charge in [-0.05, 0) is 48.4 Å². The molecule has 8 N–H and O–H groups in total. The minimum absolute atomic E-state index is 0. The number of halogens is 1. The lowest BCUT2D eigenvalue weighted by atomic mass is 10.00. The quantitative estimate of drug-likeness (QED) is 0.0401. The van der Waals surface area contributed by atoms with Gasteiger partial charge in [0.25, 0.3) is 11.8 Å². The average molecular weight is 885 g/mol. The predicted octanol–water partition coefficient (Wildman–Crippen LogP) is 4.06. The molecule has 334 valence electrons. The largest absolute Gasteiger partial charge is 0.382 e. The highest BCUT2D eigenvalue weighted by Crippen LogP contribution is 2.24. The summed E-state index contributed by atoms with van der Waals surface area (Å²) in [5.74, 6) is 0.710.